The van der Waals surface area contributed by atoms with Crippen LogP contribution in [-0.4, -0.2) is 34.2 Å². The Labute approximate surface area is 100 Å². The molecule has 1 saturated heterocycles. The SMILES string of the molecule is C[C@H](c1ccc(O)cc1)N1C[C@H](CO)CC1=O. The molecule has 4 nitrogen and oxygen atoms in total. The number of rotatable bonds is 3. The normalized spacial score (nSPS) is 21.9. The quantitative estimate of drug-likeness (QED) is 0.830. The Kier molecular flexibility index (Phi) is 3.33. The van der Waals surface area contributed by atoms with Crippen molar-refractivity contribution in [1.29, 1.82) is 0 Å². The second kappa shape index (κ2) is 4.75. The predicted octanol–water partition coefficient (Wildman–Crippen LogP) is 1.29. The van der Waals surface area contributed by atoms with Gasteiger partial charge >= 0.3 is 0 Å². The molecule has 92 valence electrons. The lowest BCUT2D eigenvalue weighted by Gasteiger charge is -2.25. The van der Waals surface area contributed by atoms with Crippen LogP contribution in [0.2, 0.25) is 0 Å². The lowest BCUT2D eigenvalue weighted by Crippen LogP contribution is -2.28. The number of hydrogen-bond donors (Lipinski definition) is 2. The second-order valence-corrected chi connectivity index (χ2v) is 4.57. The highest BCUT2D eigenvalue weighted by molar-refractivity contribution is 5.79. The third kappa shape index (κ3) is 2.42. The molecule has 1 aromatic carbocycles. The van der Waals surface area contributed by atoms with Crippen LogP contribution in [0.25, 0.3) is 0 Å². The number of benzene rings is 1. The van der Waals surface area contributed by atoms with Crippen LogP contribution >= 0.6 is 0 Å². The standard InChI is InChI=1S/C13H17NO3/c1-9(11-2-4-12(16)5-3-11)14-7-10(8-15)6-13(14)17/h2-5,9-10,15-16H,6-8H2,1H3/t9-,10-/m1/s1. The lowest BCUT2D eigenvalue weighted by atomic mass is 10.1. The average molecular weight is 235 g/mol. The smallest absolute Gasteiger partial charge is 0.223 e. The molecule has 0 radical (unpaired) electrons. The van der Waals surface area contributed by atoms with Gasteiger partial charge in [-0.3, -0.25) is 4.79 Å². The van der Waals surface area contributed by atoms with E-state index in [9.17, 15) is 9.90 Å². The molecule has 1 fully saturated rings. The first-order valence-corrected chi connectivity index (χ1v) is 5.81. The molecule has 0 unspecified atom stereocenters. The zero-order valence-corrected chi connectivity index (χ0v) is 9.84. The van der Waals surface area contributed by atoms with E-state index < -0.39 is 0 Å². The van der Waals surface area contributed by atoms with Crippen LogP contribution in [-0.2, 0) is 4.79 Å². The molecule has 1 aromatic rings. The van der Waals surface area contributed by atoms with Gasteiger partial charge in [0, 0.05) is 25.5 Å². The molecule has 0 saturated carbocycles. The zero-order valence-electron chi connectivity index (χ0n) is 9.84. The third-order valence-electron chi connectivity index (χ3n) is 3.34. The van der Waals surface area contributed by atoms with Gasteiger partial charge in [-0.1, -0.05) is 12.1 Å². The van der Waals surface area contributed by atoms with E-state index in [2.05, 4.69) is 0 Å². The van der Waals surface area contributed by atoms with Gasteiger partial charge in [0.1, 0.15) is 5.75 Å². The number of aromatic hydroxyl groups is 1. The number of carbonyl (C=O) groups excluding carboxylic acids is 1. The molecular formula is C13H17NO3. The number of phenolic OH excluding ortho intramolecular Hbond substituents is 1. The summed E-state index contributed by atoms with van der Waals surface area (Å²) in [5, 5.41) is 18.3. The van der Waals surface area contributed by atoms with Gasteiger partial charge in [0.05, 0.1) is 6.04 Å². The highest BCUT2D eigenvalue weighted by Crippen LogP contribution is 2.28. The van der Waals surface area contributed by atoms with Crippen LogP contribution in [0.3, 0.4) is 0 Å². The summed E-state index contributed by atoms with van der Waals surface area (Å²) in [5.41, 5.74) is 0.995. The van der Waals surface area contributed by atoms with E-state index in [0.717, 1.165) is 5.56 Å². The van der Waals surface area contributed by atoms with E-state index in [1.165, 1.54) is 0 Å². The van der Waals surface area contributed by atoms with E-state index in [4.69, 9.17) is 5.11 Å². The summed E-state index contributed by atoms with van der Waals surface area (Å²) in [5.74, 6) is 0.369. The number of aliphatic hydroxyl groups excluding tert-OH is 1. The zero-order chi connectivity index (χ0) is 12.4. The van der Waals surface area contributed by atoms with Crippen molar-refractivity contribution in [3.8, 4) is 5.75 Å². The predicted molar refractivity (Wildman–Crippen MR) is 63.4 cm³/mol. The topological polar surface area (TPSA) is 60.8 Å². The highest BCUT2D eigenvalue weighted by Gasteiger charge is 2.32. The summed E-state index contributed by atoms with van der Waals surface area (Å²) >= 11 is 0. The van der Waals surface area contributed by atoms with E-state index in [1.807, 2.05) is 19.1 Å². The Morgan fingerprint density at radius 1 is 1.41 bits per heavy atom. The average Bonchev–Trinajstić information content (AvgIpc) is 2.71. The summed E-state index contributed by atoms with van der Waals surface area (Å²) in [7, 11) is 0. The van der Waals surface area contributed by atoms with Gasteiger partial charge in [0.2, 0.25) is 5.91 Å². The number of carbonyl (C=O) groups is 1. The van der Waals surface area contributed by atoms with Crippen molar-refractivity contribution < 1.29 is 15.0 Å². The summed E-state index contributed by atoms with van der Waals surface area (Å²) in [6.45, 7) is 2.63. The van der Waals surface area contributed by atoms with Crippen LogP contribution in [0.4, 0.5) is 0 Å². The molecule has 17 heavy (non-hydrogen) atoms. The molecule has 1 aliphatic rings. The first-order valence-electron chi connectivity index (χ1n) is 5.81. The molecule has 0 spiro atoms. The van der Waals surface area contributed by atoms with Crippen molar-refractivity contribution in [3.63, 3.8) is 0 Å². The van der Waals surface area contributed by atoms with Gasteiger partial charge in [0.15, 0.2) is 0 Å². The molecule has 0 aromatic heterocycles. The molecule has 2 atom stereocenters. The maximum atomic E-state index is 11.8. The maximum Gasteiger partial charge on any atom is 0.223 e. The van der Waals surface area contributed by atoms with Gasteiger partial charge in [-0.25, -0.2) is 0 Å². The lowest BCUT2D eigenvalue weighted by molar-refractivity contribution is -0.129. The van der Waals surface area contributed by atoms with Crippen LogP contribution < -0.4 is 0 Å². The van der Waals surface area contributed by atoms with Crippen LogP contribution in [0.5, 0.6) is 5.75 Å². The van der Waals surface area contributed by atoms with Crippen molar-refractivity contribution in [1.82, 2.24) is 4.90 Å². The number of phenols is 1. The first kappa shape index (κ1) is 11.9. The number of likely N-dealkylation sites (tertiary alicyclic amines) is 1. The Morgan fingerprint density at radius 3 is 2.59 bits per heavy atom. The molecule has 0 bridgehead atoms. The van der Waals surface area contributed by atoms with Crippen LogP contribution in [0, 0.1) is 5.92 Å². The summed E-state index contributed by atoms with van der Waals surface area (Å²) in [6.07, 6.45) is 0.429. The van der Waals surface area contributed by atoms with Gasteiger partial charge < -0.3 is 15.1 Å². The van der Waals surface area contributed by atoms with Crippen molar-refractivity contribution >= 4 is 5.91 Å². The Bertz CT molecular complexity index is 402. The maximum absolute atomic E-state index is 11.8. The van der Waals surface area contributed by atoms with Gasteiger partial charge in [-0.05, 0) is 24.6 Å². The van der Waals surface area contributed by atoms with Crippen molar-refractivity contribution in [2.24, 2.45) is 5.92 Å². The molecule has 0 aliphatic carbocycles. The molecule has 1 aliphatic heterocycles. The van der Waals surface area contributed by atoms with Crippen molar-refractivity contribution in [3.05, 3.63) is 29.8 Å². The van der Waals surface area contributed by atoms with E-state index in [0.29, 0.717) is 13.0 Å². The number of amides is 1. The summed E-state index contributed by atoms with van der Waals surface area (Å²) in [4.78, 5) is 13.6. The number of aliphatic hydroxyl groups is 1. The molecule has 2 rings (SSSR count). The molecule has 2 N–H and O–H groups in total. The summed E-state index contributed by atoms with van der Waals surface area (Å²) in [6, 6.07) is 6.87. The van der Waals surface area contributed by atoms with E-state index in [-0.39, 0.29) is 30.2 Å². The minimum atomic E-state index is -0.0142. The second-order valence-electron chi connectivity index (χ2n) is 4.57. The fourth-order valence-electron chi connectivity index (χ4n) is 2.24. The number of nitrogens with zero attached hydrogens (tertiary/aromatic N) is 1. The van der Waals surface area contributed by atoms with Gasteiger partial charge in [0.25, 0.3) is 0 Å². The van der Waals surface area contributed by atoms with Crippen molar-refractivity contribution in [2.45, 2.75) is 19.4 Å². The van der Waals surface area contributed by atoms with E-state index >= 15 is 0 Å². The van der Waals surface area contributed by atoms with Crippen molar-refractivity contribution in [2.75, 3.05) is 13.2 Å². The molecule has 1 heterocycles. The number of hydrogen-bond acceptors (Lipinski definition) is 3. The fourth-order valence-corrected chi connectivity index (χ4v) is 2.24. The fraction of sp³-hybridized carbons (Fsp3) is 0.462. The molecule has 1 amide bonds. The third-order valence-corrected chi connectivity index (χ3v) is 3.34. The molecular weight excluding hydrogens is 218 g/mol. The van der Waals surface area contributed by atoms with Gasteiger partial charge in [-0.15, -0.1) is 0 Å². The first-order chi connectivity index (χ1) is 8.11. The Morgan fingerprint density at radius 2 is 2.06 bits per heavy atom. The van der Waals surface area contributed by atoms with Gasteiger partial charge in [-0.2, -0.15) is 0 Å². The van der Waals surface area contributed by atoms with Crippen LogP contribution in [0.15, 0.2) is 24.3 Å². The van der Waals surface area contributed by atoms with E-state index in [1.54, 1.807) is 17.0 Å². The van der Waals surface area contributed by atoms with Crippen LogP contribution in [0.1, 0.15) is 24.9 Å². The summed E-state index contributed by atoms with van der Waals surface area (Å²) < 4.78 is 0. The highest BCUT2D eigenvalue weighted by atomic mass is 16.3. The minimum absolute atomic E-state index is 0.0142. The molecule has 4 heteroatoms. The monoisotopic (exact) mass is 235 g/mol. The Balaban J connectivity index is 2.12. The Hall–Kier alpha value is -1.55. The minimum Gasteiger partial charge on any atom is -0.508 e. The largest absolute Gasteiger partial charge is 0.508 e.